The first-order valence-electron chi connectivity index (χ1n) is 1.74. The third kappa shape index (κ3) is 2.60. The SMILES string of the molecule is Cl.ClC1=C(Cl)C(Cl)SS1. The lowest BCUT2D eigenvalue weighted by Gasteiger charge is -1.91. The zero-order chi connectivity index (χ0) is 6.15. The molecule has 0 nitrogen and oxygen atoms in total. The zero-order valence-electron chi connectivity index (χ0n) is 3.94. The molecule has 0 aliphatic carbocycles. The fourth-order valence-electron chi connectivity index (χ4n) is 0.256. The molecule has 0 amide bonds. The summed E-state index contributed by atoms with van der Waals surface area (Å²) >= 11 is 16.8. The van der Waals surface area contributed by atoms with Gasteiger partial charge in [-0.25, -0.2) is 0 Å². The summed E-state index contributed by atoms with van der Waals surface area (Å²) in [6.07, 6.45) is 0. The third-order valence-corrected chi connectivity index (χ3v) is 5.19. The normalized spacial score (nSPS) is 26.3. The maximum atomic E-state index is 5.63. The van der Waals surface area contributed by atoms with Gasteiger partial charge in [-0.3, -0.25) is 0 Å². The molecule has 0 saturated heterocycles. The summed E-state index contributed by atoms with van der Waals surface area (Å²) in [5.41, 5.74) is 0. The van der Waals surface area contributed by atoms with Gasteiger partial charge in [-0.05, 0) is 10.8 Å². The second-order valence-corrected chi connectivity index (χ2v) is 5.14. The highest BCUT2D eigenvalue weighted by molar-refractivity contribution is 8.79. The van der Waals surface area contributed by atoms with Gasteiger partial charge in [0.25, 0.3) is 0 Å². The van der Waals surface area contributed by atoms with Crippen molar-refractivity contribution in [3.63, 3.8) is 0 Å². The van der Waals surface area contributed by atoms with Crippen molar-refractivity contribution in [1.82, 2.24) is 0 Å². The number of alkyl halides is 1. The highest BCUT2D eigenvalue weighted by atomic mass is 35.5. The van der Waals surface area contributed by atoms with E-state index in [0.29, 0.717) is 9.40 Å². The molecule has 0 aromatic rings. The van der Waals surface area contributed by atoms with Crippen LogP contribution in [-0.2, 0) is 0 Å². The van der Waals surface area contributed by atoms with Crippen LogP contribution in [0.3, 0.4) is 0 Å². The Balaban J connectivity index is 0.000000640. The van der Waals surface area contributed by atoms with Gasteiger partial charge < -0.3 is 0 Å². The molecule has 54 valence electrons. The molecule has 1 atom stereocenters. The average Bonchev–Trinajstić information content (AvgIpc) is 1.98. The van der Waals surface area contributed by atoms with Crippen molar-refractivity contribution >= 4 is 68.8 Å². The summed E-state index contributed by atoms with van der Waals surface area (Å²) in [5.74, 6) is 0. The van der Waals surface area contributed by atoms with Gasteiger partial charge in [0, 0.05) is 0 Å². The smallest absolute Gasteiger partial charge is 0.127 e. The molecule has 9 heavy (non-hydrogen) atoms. The predicted molar refractivity (Wildman–Crippen MR) is 50.8 cm³/mol. The van der Waals surface area contributed by atoms with Gasteiger partial charge >= 0.3 is 0 Å². The predicted octanol–water partition coefficient (Wildman–Crippen LogP) is 4.01. The maximum Gasteiger partial charge on any atom is 0.127 e. The van der Waals surface area contributed by atoms with E-state index in [0.717, 1.165) is 0 Å². The molecule has 0 saturated carbocycles. The summed E-state index contributed by atoms with van der Waals surface area (Å²) in [6.45, 7) is 0. The molecule has 1 aliphatic heterocycles. The first-order valence-corrected chi connectivity index (χ1v) is 5.15. The van der Waals surface area contributed by atoms with E-state index in [4.69, 9.17) is 34.8 Å². The minimum absolute atomic E-state index is 0. The molecular formula is C3H2Cl4S2. The van der Waals surface area contributed by atoms with Gasteiger partial charge in [-0.15, -0.1) is 24.0 Å². The van der Waals surface area contributed by atoms with Crippen LogP contribution in [0, 0.1) is 0 Å². The van der Waals surface area contributed by atoms with Gasteiger partial charge in [0.2, 0.25) is 0 Å². The Bertz CT molecular complexity index is 134. The highest BCUT2D eigenvalue weighted by Gasteiger charge is 2.22. The lowest BCUT2D eigenvalue weighted by molar-refractivity contribution is 1.60. The van der Waals surface area contributed by atoms with E-state index < -0.39 is 0 Å². The Morgan fingerprint density at radius 1 is 1.33 bits per heavy atom. The Labute approximate surface area is 82.5 Å². The molecule has 1 unspecified atom stereocenters. The molecule has 0 aromatic heterocycles. The summed E-state index contributed by atoms with van der Waals surface area (Å²) in [5, 5.41) is 0.559. The largest absolute Gasteiger partial charge is 0.147 e. The Morgan fingerprint density at radius 3 is 2.00 bits per heavy atom. The summed E-state index contributed by atoms with van der Waals surface area (Å²) in [4.78, 5) is 0. The second kappa shape index (κ2) is 4.47. The maximum absolute atomic E-state index is 5.63. The third-order valence-electron chi connectivity index (χ3n) is 0.593. The van der Waals surface area contributed by atoms with E-state index in [1.807, 2.05) is 0 Å². The molecule has 0 spiro atoms. The number of halogens is 4. The summed E-state index contributed by atoms with van der Waals surface area (Å²) < 4.78 is 0.464. The number of hydrogen-bond donors (Lipinski definition) is 0. The van der Waals surface area contributed by atoms with Crippen molar-refractivity contribution in [2.24, 2.45) is 0 Å². The van der Waals surface area contributed by atoms with Crippen molar-refractivity contribution in [2.45, 2.75) is 4.71 Å². The first-order chi connectivity index (χ1) is 3.72. The monoisotopic (exact) mass is 242 g/mol. The molecule has 0 aromatic carbocycles. The lowest BCUT2D eigenvalue weighted by atomic mass is 10.7. The van der Waals surface area contributed by atoms with Gasteiger partial charge in [0.05, 0.1) is 5.03 Å². The highest BCUT2D eigenvalue weighted by Crippen LogP contribution is 2.51. The van der Waals surface area contributed by atoms with Crippen molar-refractivity contribution in [2.75, 3.05) is 0 Å². The van der Waals surface area contributed by atoms with Crippen LogP contribution < -0.4 is 0 Å². The standard InChI is InChI=1S/C3HCl3S2.ClH/c4-1-2(5)7-8-3(1)6;/h2H;1H. The van der Waals surface area contributed by atoms with E-state index in [9.17, 15) is 0 Å². The van der Waals surface area contributed by atoms with Crippen LogP contribution >= 0.6 is 68.8 Å². The lowest BCUT2D eigenvalue weighted by Crippen LogP contribution is -1.81. The van der Waals surface area contributed by atoms with Crippen molar-refractivity contribution in [1.29, 1.82) is 0 Å². The minimum atomic E-state index is -0.144. The van der Waals surface area contributed by atoms with Gasteiger partial charge in [-0.2, -0.15) is 0 Å². The molecular weight excluding hydrogens is 242 g/mol. The van der Waals surface area contributed by atoms with E-state index in [-0.39, 0.29) is 17.1 Å². The second-order valence-electron chi connectivity index (χ2n) is 1.12. The quantitative estimate of drug-likeness (QED) is 0.466. The van der Waals surface area contributed by atoms with E-state index in [1.165, 1.54) is 21.6 Å². The van der Waals surface area contributed by atoms with Crippen molar-refractivity contribution in [3.8, 4) is 0 Å². The van der Waals surface area contributed by atoms with E-state index >= 15 is 0 Å². The Kier molecular flexibility index (Phi) is 5.27. The molecule has 0 N–H and O–H groups in total. The molecule has 1 aliphatic rings. The zero-order valence-corrected chi connectivity index (χ0v) is 8.65. The number of hydrogen-bond acceptors (Lipinski definition) is 2. The van der Waals surface area contributed by atoms with E-state index in [2.05, 4.69) is 0 Å². The summed E-state index contributed by atoms with van der Waals surface area (Å²) in [7, 11) is 2.87. The van der Waals surface area contributed by atoms with Gasteiger partial charge in [-0.1, -0.05) is 34.0 Å². The minimum Gasteiger partial charge on any atom is -0.147 e. The van der Waals surface area contributed by atoms with Crippen molar-refractivity contribution in [3.05, 3.63) is 9.40 Å². The fraction of sp³-hybridized carbons (Fsp3) is 0.333. The fourth-order valence-corrected chi connectivity index (χ4v) is 3.57. The molecule has 0 bridgehead atoms. The molecule has 6 heteroatoms. The molecule has 0 fully saturated rings. The van der Waals surface area contributed by atoms with Crippen LogP contribution in [0.4, 0.5) is 0 Å². The molecule has 0 radical (unpaired) electrons. The van der Waals surface area contributed by atoms with Gasteiger partial charge in [0.15, 0.2) is 0 Å². The van der Waals surface area contributed by atoms with Crippen LogP contribution in [0.15, 0.2) is 9.40 Å². The summed E-state index contributed by atoms with van der Waals surface area (Å²) in [6, 6.07) is 0. The number of rotatable bonds is 0. The van der Waals surface area contributed by atoms with E-state index in [1.54, 1.807) is 0 Å². The van der Waals surface area contributed by atoms with Crippen LogP contribution in [-0.4, -0.2) is 4.71 Å². The van der Waals surface area contributed by atoms with Crippen LogP contribution in [0.25, 0.3) is 0 Å². The van der Waals surface area contributed by atoms with Crippen molar-refractivity contribution < 1.29 is 0 Å². The average molecular weight is 244 g/mol. The van der Waals surface area contributed by atoms with Crippen LogP contribution in [0.5, 0.6) is 0 Å². The molecule has 1 heterocycles. The van der Waals surface area contributed by atoms with Gasteiger partial charge in [0.1, 0.15) is 9.07 Å². The Hall–Kier alpha value is 1.60. The van der Waals surface area contributed by atoms with Crippen LogP contribution in [0.1, 0.15) is 0 Å². The topological polar surface area (TPSA) is 0 Å². The Morgan fingerprint density at radius 2 is 1.89 bits per heavy atom. The first kappa shape index (κ1) is 10.6. The van der Waals surface area contributed by atoms with Crippen LogP contribution in [0.2, 0.25) is 0 Å². The molecule has 1 rings (SSSR count).